The third kappa shape index (κ3) is 5.59. The van der Waals surface area contributed by atoms with Gasteiger partial charge in [-0.3, -0.25) is 9.10 Å². The summed E-state index contributed by atoms with van der Waals surface area (Å²) in [4.78, 5) is 12.1. The summed E-state index contributed by atoms with van der Waals surface area (Å²) in [5, 5.41) is 2.87. The molecular formula is C20H26N2O3S. The Morgan fingerprint density at radius 3 is 2.31 bits per heavy atom. The molecule has 140 valence electrons. The smallest absolute Gasteiger partial charge is 0.232 e. The highest BCUT2D eigenvalue weighted by Crippen LogP contribution is 2.20. The Hall–Kier alpha value is -2.34. The highest BCUT2D eigenvalue weighted by Gasteiger charge is 2.17. The van der Waals surface area contributed by atoms with Gasteiger partial charge >= 0.3 is 0 Å². The third-order valence-corrected chi connectivity index (χ3v) is 5.41. The first-order valence-electron chi connectivity index (χ1n) is 8.73. The van der Waals surface area contributed by atoms with Crippen LogP contribution in [0.5, 0.6) is 0 Å². The van der Waals surface area contributed by atoms with Crippen LogP contribution in [0.2, 0.25) is 0 Å². The summed E-state index contributed by atoms with van der Waals surface area (Å²) >= 11 is 0. The Kier molecular flexibility index (Phi) is 6.80. The summed E-state index contributed by atoms with van der Waals surface area (Å²) in [5.74, 6) is -0.117. The molecule has 0 unspecified atom stereocenters. The molecule has 2 aromatic carbocycles. The molecule has 0 saturated carbocycles. The molecule has 0 aromatic heterocycles. The van der Waals surface area contributed by atoms with E-state index in [1.807, 2.05) is 55.5 Å². The number of nitrogens with zero attached hydrogens (tertiary/aromatic N) is 1. The lowest BCUT2D eigenvalue weighted by atomic mass is 10.1. The van der Waals surface area contributed by atoms with Crippen LogP contribution >= 0.6 is 0 Å². The molecule has 0 saturated heterocycles. The number of para-hydroxylation sites is 1. The lowest BCUT2D eigenvalue weighted by Crippen LogP contribution is -2.31. The maximum Gasteiger partial charge on any atom is 0.232 e. The molecular weight excluding hydrogens is 348 g/mol. The number of sulfonamides is 1. The van der Waals surface area contributed by atoms with Crippen LogP contribution in [0.4, 0.5) is 11.4 Å². The minimum absolute atomic E-state index is 0.117. The van der Waals surface area contributed by atoms with Crippen LogP contribution in [0.1, 0.15) is 30.9 Å². The van der Waals surface area contributed by atoms with E-state index in [4.69, 9.17) is 0 Å². The van der Waals surface area contributed by atoms with E-state index in [9.17, 15) is 13.2 Å². The summed E-state index contributed by atoms with van der Waals surface area (Å²) in [6.07, 6.45) is 2.79. The van der Waals surface area contributed by atoms with Crippen LogP contribution in [0, 0.1) is 6.92 Å². The molecule has 0 heterocycles. The number of aryl methyl sites for hydroxylation is 2. The summed E-state index contributed by atoms with van der Waals surface area (Å²) in [6, 6.07) is 15.1. The zero-order chi connectivity index (χ0) is 19.2. The maximum atomic E-state index is 12.1. The van der Waals surface area contributed by atoms with Gasteiger partial charge in [0.25, 0.3) is 0 Å². The molecule has 0 spiro atoms. The van der Waals surface area contributed by atoms with Gasteiger partial charge in [0.1, 0.15) is 0 Å². The molecule has 1 amide bonds. The fraction of sp³-hybridized carbons (Fsp3) is 0.350. The van der Waals surface area contributed by atoms with Crippen LogP contribution in [0.25, 0.3) is 0 Å². The van der Waals surface area contributed by atoms with Crippen molar-refractivity contribution < 1.29 is 13.2 Å². The quantitative estimate of drug-likeness (QED) is 0.765. The number of hydrogen-bond acceptors (Lipinski definition) is 3. The zero-order valence-corrected chi connectivity index (χ0v) is 16.3. The van der Waals surface area contributed by atoms with E-state index in [0.717, 1.165) is 23.2 Å². The largest absolute Gasteiger partial charge is 0.326 e. The van der Waals surface area contributed by atoms with Crippen molar-refractivity contribution in [2.45, 2.75) is 33.1 Å². The third-order valence-electron chi connectivity index (χ3n) is 4.22. The van der Waals surface area contributed by atoms with Gasteiger partial charge in [-0.05, 0) is 49.1 Å². The number of carbonyl (C=O) groups is 1. The minimum atomic E-state index is -3.40. The average molecular weight is 375 g/mol. The molecule has 2 rings (SSSR count). The van der Waals surface area contributed by atoms with Crippen molar-refractivity contribution in [3.8, 4) is 0 Å². The fourth-order valence-electron chi connectivity index (χ4n) is 2.69. The second-order valence-electron chi connectivity index (χ2n) is 6.32. The Bertz CT molecular complexity index is 846. The van der Waals surface area contributed by atoms with Gasteiger partial charge in [-0.1, -0.05) is 37.3 Å². The molecule has 26 heavy (non-hydrogen) atoms. The zero-order valence-electron chi connectivity index (χ0n) is 15.5. The number of rotatable bonds is 8. The van der Waals surface area contributed by atoms with Gasteiger partial charge < -0.3 is 5.32 Å². The highest BCUT2D eigenvalue weighted by molar-refractivity contribution is 7.92. The van der Waals surface area contributed by atoms with E-state index in [0.29, 0.717) is 12.1 Å². The lowest BCUT2D eigenvalue weighted by molar-refractivity contribution is -0.116. The van der Waals surface area contributed by atoms with E-state index in [2.05, 4.69) is 12.2 Å². The first-order chi connectivity index (χ1) is 12.3. The predicted molar refractivity (Wildman–Crippen MR) is 107 cm³/mol. The van der Waals surface area contributed by atoms with Crippen molar-refractivity contribution in [1.82, 2.24) is 0 Å². The first-order valence-corrected chi connectivity index (χ1v) is 10.6. The highest BCUT2D eigenvalue weighted by atomic mass is 32.2. The Morgan fingerprint density at radius 1 is 1.08 bits per heavy atom. The van der Waals surface area contributed by atoms with Gasteiger partial charge in [0.05, 0.1) is 11.9 Å². The van der Waals surface area contributed by atoms with Crippen molar-refractivity contribution in [3.05, 3.63) is 59.7 Å². The van der Waals surface area contributed by atoms with Gasteiger partial charge in [0.2, 0.25) is 15.9 Å². The van der Waals surface area contributed by atoms with Crippen molar-refractivity contribution >= 4 is 27.3 Å². The molecule has 0 fully saturated rings. The topological polar surface area (TPSA) is 66.5 Å². The average Bonchev–Trinajstić information content (AvgIpc) is 2.60. The molecule has 0 aliphatic rings. The second-order valence-corrected chi connectivity index (χ2v) is 8.23. The second kappa shape index (κ2) is 8.85. The number of nitrogens with one attached hydrogen (secondary N) is 1. The number of benzene rings is 2. The minimum Gasteiger partial charge on any atom is -0.326 e. The molecule has 0 radical (unpaired) electrons. The molecule has 1 N–H and O–H groups in total. The van der Waals surface area contributed by atoms with Gasteiger partial charge in [-0.2, -0.15) is 0 Å². The molecule has 0 aliphatic heterocycles. The normalized spacial score (nSPS) is 11.2. The van der Waals surface area contributed by atoms with Crippen molar-refractivity contribution in [1.29, 1.82) is 0 Å². The van der Waals surface area contributed by atoms with Crippen LogP contribution in [0.15, 0.2) is 48.5 Å². The standard InChI is InChI=1S/C20H26N2O3S/c1-4-17-11-13-18(14-12-17)22(26(3,24)25)15-7-10-20(23)21-19-9-6-5-8-16(19)2/h5-6,8-9,11-14H,4,7,10,15H2,1-3H3,(H,21,23). The number of anilines is 2. The van der Waals surface area contributed by atoms with E-state index in [-0.39, 0.29) is 18.9 Å². The van der Waals surface area contributed by atoms with Crippen LogP contribution < -0.4 is 9.62 Å². The van der Waals surface area contributed by atoms with Crippen LogP contribution in [0.3, 0.4) is 0 Å². The van der Waals surface area contributed by atoms with Crippen molar-refractivity contribution in [3.63, 3.8) is 0 Å². The van der Waals surface area contributed by atoms with Gasteiger partial charge in [0, 0.05) is 18.7 Å². The van der Waals surface area contributed by atoms with Crippen LogP contribution in [-0.4, -0.2) is 27.1 Å². The first kappa shape index (κ1) is 20.0. The molecule has 2 aromatic rings. The van der Waals surface area contributed by atoms with E-state index in [1.54, 1.807) is 0 Å². The van der Waals surface area contributed by atoms with Gasteiger partial charge in [-0.25, -0.2) is 8.42 Å². The molecule has 5 nitrogen and oxygen atoms in total. The monoisotopic (exact) mass is 374 g/mol. The lowest BCUT2D eigenvalue weighted by Gasteiger charge is -2.22. The van der Waals surface area contributed by atoms with Crippen LogP contribution in [-0.2, 0) is 21.2 Å². The number of hydrogen-bond donors (Lipinski definition) is 1. The SMILES string of the molecule is CCc1ccc(N(CCCC(=O)Nc2ccccc2C)S(C)(=O)=O)cc1. The molecule has 0 aliphatic carbocycles. The molecule has 0 atom stereocenters. The molecule has 0 bridgehead atoms. The summed E-state index contributed by atoms with van der Waals surface area (Å²) in [6.45, 7) is 4.25. The Labute approximate surface area is 156 Å². The van der Waals surface area contributed by atoms with Crippen molar-refractivity contribution in [2.75, 3.05) is 22.4 Å². The van der Waals surface area contributed by atoms with Crippen molar-refractivity contribution in [2.24, 2.45) is 0 Å². The summed E-state index contributed by atoms with van der Waals surface area (Å²) < 4.78 is 25.6. The predicted octanol–water partition coefficient (Wildman–Crippen LogP) is 3.74. The molecule has 6 heteroatoms. The van der Waals surface area contributed by atoms with Gasteiger partial charge in [-0.15, -0.1) is 0 Å². The van der Waals surface area contributed by atoms with E-state index >= 15 is 0 Å². The van der Waals surface area contributed by atoms with E-state index < -0.39 is 10.0 Å². The summed E-state index contributed by atoms with van der Waals surface area (Å²) in [5.41, 5.74) is 3.56. The Morgan fingerprint density at radius 2 is 1.73 bits per heavy atom. The fourth-order valence-corrected chi connectivity index (χ4v) is 3.66. The maximum absolute atomic E-state index is 12.1. The summed E-state index contributed by atoms with van der Waals surface area (Å²) in [7, 11) is -3.40. The Balaban J connectivity index is 1.97. The van der Waals surface area contributed by atoms with Gasteiger partial charge in [0.15, 0.2) is 0 Å². The van der Waals surface area contributed by atoms with E-state index in [1.165, 1.54) is 10.6 Å². The number of carbonyl (C=O) groups excluding carboxylic acids is 1. The number of amides is 1.